The summed E-state index contributed by atoms with van der Waals surface area (Å²) in [6.07, 6.45) is 2.13. The first-order valence-corrected chi connectivity index (χ1v) is 10.6. The summed E-state index contributed by atoms with van der Waals surface area (Å²) >= 11 is 0. The van der Waals surface area contributed by atoms with Crippen LogP contribution in [0.1, 0.15) is 40.2 Å². The van der Waals surface area contributed by atoms with E-state index in [9.17, 15) is 14.0 Å². The SMILES string of the molecule is CCN(C)C(=O)COc1ccc2c(c1)C(c1ccc(F)cc1)N(C(=O)c1ccco1)CC2. The van der Waals surface area contributed by atoms with Gasteiger partial charge in [-0.25, -0.2) is 4.39 Å². The van der Waals surface area contributed by atoms with Crippen molar-refractivity contribution in [3.8, 4) is 5.75 Å². The number of amides is 2. The third-order valence-corrected chi connectivity index (χ3v) is 5.79. The predicted octanol–water partition coefficient (Wildman–Crippen LogP) is 4.06. The predicted molar refractivity (Wildman–Crippen MR) is 117 cm³/mol. The quantitative estimate of drug-likeness (QED) is 0.585. The second-order valence-corrected chi connectivity index (χ2v) is 7.74. The standard InChI is InChI=1S/C25H25FN2O4/c1-3-27(2)23(29)16-32-20-11-8-17-12-13-28(25(30)22-5-4-14-31-22)24(21(17)15-20)18-6-9-19(26)10-7-18/h4-11,14-15,24H,3,12-13,16H2,1-2H3. The number of rotatable bonds is 6. The third kappa shape index (κ3) is 4.37. The number of carbonyl (C=O) groups excluding carboxylic acids is 2. The molecule has 1 atom stereocenters. The largest absolute Gasteiger partial charge is 0.484 e. The van der Waals surface area contributed by atoms with Gasteiger partial charge >= 0.3 is 0 Å². The fraction of sp³-hybridized carbons (Fsp3) is 0.280. The summed E-state index contributed by atoms with van der Waals surface area (Å²) in [5.74, 6) is 0.0995. The molecule has 32 heavy (non-hydrogen) atoms. The van der Waals surface area contributed by atoms with Gasteiger partial charge in [0.25, 0.3) is 11.8 Å². The van der Waals surface area contributed by atoms with E-state index in [1.807, 2.05) is 25.1 Å². The molecule has 0 bridgehead atoms. The number of hydrogen-bond acceptors (Lipinski definition) is 4. The minimum Gasteiger partial charge on any atom is -0.484 e. The Kier molecular flexibility index (Phi) is 6.25. The second-order valence-electron chi connectivity index (χ2n) is 7.74. The Morgan fingerprint density at radius 3 is 2.66 bits per heavy atom. The highest BCUT2D eigenvalue weighted by Crippen LogP contribution is 2.38. The topological polar surface area (TPSA) is 63.0 Å². The Labute approximate surface area is 186 Å². The lowest BCUT2D eigenvalue weighted by Crippen LogP contribution is -2.40. The fourth-order valence-corrected chi connectivity index (χ4v) is 3.88. The summed E-state index contributed by atoms with van der Waals surface area (Å²) in [4.78, 5) is 28.7. The van der Waals surface area contributed by atoms with Gasteiger partial charge in [-0.2, -0.15) is 0 Å². The molecule has 1 aromatic heterocycles. The smallest absolute Gasteiger partial charge is 0.290 e. The fourth-order valence-electron chi connectivity index (χ4n) is 3.88. The summed E-state index contributed by atoms with van der Waals surface area (Å²) in [6.45, 7) is 2.92. The van der Waals surface area contributed by atoms with Gasteiger partial charge in [0.1, 0.15) is 11.6 Å². The van der Waals surface area contributed by atoms with Crippen LogP contribution in [0.3, 0.4) is 0 Å². The summed E-state index contributed by atoms with van der Waals surface area (Å²) in [7, 11) is 1.72. The lowest BCUT2D eigenvalue weighted by molar-refractivity contribution is -0.131. The Balaban J connectivity index is 1.69. The zero-order valence-electron chi connectivity index (χ0n) is 18.1. The molecular weight excluding hydrogens is 411 g/mol. The number of nitrogens with zero attached hydrogens (tertiary/aromatic N) is 2. The molecule has 4 rings (SSSR count). The molecule has 3 aromatic rings. The van der Waals surface area contributed by atoms with Crippen LogP contribution >= 0.6 is 0 Å². The van der Waals surface area contributed by atoms with Crippen LogP contribution in [0.2, 0.25) is 0 Å². The van der Waals surface area contributed by atoms with E-state index in [-0.39, 0.29) is 30.0 Å². The number of furan rings is 1. The van der Waals surface area contributed by atoms with Crippen molar-refractivity contribution in [2.75, 3.05) is 26.7 Å². The van der Waals surface area contributed by atoms with Crippen LogP contribution in [0.4, 0.5) is 4.39 Å². The van der Waals surface area contributed by atoms with Gasteiger partial charge in [-0.1, -0.05) is 18.2 Å². The van der Waals surface area contributed by atoms with Crippen molar-refractivity contribution < 1.29 is 23.1 Å². The first-order chi connectivity index (χ1) is 15.5. The molecule has 0 saturated carbocycles. The maximum atomic E-state index is 13.6. The van der Waals surface area contributed by atoms with Crippen molar-refractivity contribution in [2.24, 2.45) is 0 Å². The normalized spacial score (nSPS) is 15.2. The van der Waals surface area contributed by atoms with Crippen LogP contribution < -0.4 is 4.74 Å². The molecule has 0 saturated heterocycles. The summed E-state index contributed by atoms with van der Waals surface area (Å²) in [6, 6.07) is 14.7. The lowest BCUT2D eigenvalue weighted by atomic mass is 9.87. The number of ether oxygens (including phenoxy) is 1. The van der Waals surface area contributed by atoms with E-state index in [2.05, 4.69) is 0 Å². The molecule has 2 aromatic carbocycles. The van der Waals surface area contributed by atoms with Crippen LogP contribution in [-0.2, 0) is 11.2 Å². The average Bonchev–Trinajstić information content (AvgIpc) is 3.36. The highest BCUT2D eigenvalue weighted by molar-refractivity contribution is 5.92. The van der Waals surface area contributed by atoms with Crippen molar-refractivity contribution in [1.29, 1.82) is 0 Å². The summed E-state index contributed by atoms with van der Waals surface area (Å²) in [5.41, 5.74) is 2.75. The molecule has 166 valence electrons. The van der Waals surface area contributed by atoms with Gasteiger partial charge in [-0.15, -0.1) is 0 Å². The Hall–Kier alpha value is -3.61. The molecular formula is C25H25FN2O4. The van der Waals surface area contributed by atoms with Gasteiger partial charge in [-0.05, 0) is 66.4 Å². The van der Waals surface area contributed by atoms with E-state index >= 15 is 0 Å². The first kappa shape index (κ1) is 21.6. The highest BCUT2D eigenvalue weighted by Gasteiger charge is 2.34. The third-order valence-electron chi connectivity index (χ3n) is 5.79. The Morgan fingerprint density at radius 1 is 1.19 bits per heavy atom. The van der Waals surface area contributed by atoms with E-state index in [1.165, 1.54) is 18.4 Å². The highest BCUT2D eigenvalue weighted by atomic mass is 19.1. The van der Waals surface area contributed by atoms with Gasteiger partial charge < -0.3 is 19.0 Å². The van der Waals surface area contributed by atoms with Crippen LogP contribution in [0, 0.1) is 5.82 Å². The van der Waals surface area contributed by atoms with Crippen molar-refractivity contribution in [2.45, 2.75) is 19.4 Å². The van der Waals surface area contributed by atoms with Gasteiger partial charge in [0.15, 0.2) is 12.4 Å². The number of likely N-dealkylation sites (N-methyl/N-ethyl adjacent to an activating group) is 1. The van der Waals surface area contributed by atoms with E-state index < -0.39 is 6.04 Å². The summed E-state index contributed by atoms with van der Waals surface area (Å²) < 4.78 is 24.7. The van der Waals surface area contributed by atoms with E-state index in [0.717, 1.165) is 16.7 Å². The van der Waals surface area contributed by atoms with Gasteiger partial charge in [0.2, 0.25) is 0 Å². The molecule has 0 fully saturated rings. The minimum absolute atomic E-state index is 0.0701. The Bertz CT molecular complexity index is 1100. The zero-order chi connectivity index (χ0) is 22.7. The first-order valence-electron chi connectivity index (χ1n) is 10.6. The average molecular weight is 436 g/mol. The molecule has 0 radical (unpaired) electrons. The van der Waals surface area contributed by atoms with Gasteiger partial charge in [-0.3, -0.25) is 9.59 Å². The van der Waals surface area contributed by atoms with Crippen LogP contribution in [0.25, 0.3) is 0 Å². The zero-order valence-corrected chi connectivity index (χ0v) is 18.1. The Morgan fingerprint density at radius 2 is 1.97 bits per heavy atom. The number of benzene rings is 2. The molecule has 6 nitrogen and oxygen atoms in total. The molecule has 2 amide bonds. The molecule has 1 unspecified atom stereocenters. The molecule has 2 heterocycles. The van der Waals surface area contributed by atoms with Gasteiger partial charge in [0, 0.05) is 20.1 Å². The number of hydrogen-bond donors (Lipinski definition) is 0. The number of carbonyl (C=O) groups is 2. The van der Waals surface area contributed by atoms with Crippen molar-refractivity contribution in [1.82, 2.24) is 9.80 Å². The van der Waals surface area contributed by atoms with E-state index in [0.29, 0.717) is 25.3 Å². The van der Waals surface area contributed by atoms with Crippen LogP contribution in [0.5, 0.6) is 5.75 Å². The second kappa shape index (κ2) is 9.26. The van der Waals surface area contributed by atoms with Crippen LogP contribution in [-0.4, -0.2) is 48.4 Å². The van der Waals surface area contributed by atoms with Crippen molar-refractivity contribution >= 4 is 11.8 Å². The number of halogens is 1. The minimum atomic E-state index is -0.436. The monoisotopic (exact) mass is 436 g/mol. The van der Waals surface area contributed by atoms with Crippen molar-refractivity contribution in [3.63, 3.8) is 0 Å². The van der Waals surface area contributed by atoms with Crippen molar-refractivity contribution in [3.05, 3.63) is 89.1 Å². The molecule has 0 aliphatic carbocycles. The van der Waals surface area contributed by atoms with Gasteiger partial charge in [0.05, 0.1) is 12.3 Å². The van der Waals surface area contributed by atoms with E-state index in [4.69, 9.17) is 9.15 Å². The maximum absolute atomic E-state index is 13.6. The number of fused-ring (bicyclic) bond motifs is 1. The molecule has 0 N–H and O–H groups in total. The lowest BCUT2D eigenvalue weighted by Gasteiger charge is -2.37. The molecule has 0 spiro atoms. The molecule has 1 aliphatic heterocycles. The summed E-state index contributed by atoms with van der Waals surface area (Å²) in [5, 5.41) is 0. The van der Waals surface area contributed by atoms with Crippen LogP contribution in [0.15, 0.2) is 65.3 Å². The molecule has 1 aliphatic rings. The van der Waals surface area contributed by atoms with E-state index in [1.54, 1.807) is 41.1 Å². The maximum Gasteiger partial charge on any atom is 0.290 e. The molecule has 7 heteroatoms.